The Bertz CT molecular complexity index is 1440. The Balaban J connectivity index is 1.38. The van der Waals surface area contributed by atoms with E-state index in [2.05, 4.69) is 34.9 Å². The molecule has 0 aromatic heterocycles. The van der Waals surface area contributed by atoms with E-state index < -0.39 is 12.8 Å². The minimum atomic E-state index is -0.964. The number of carbonyl (C=O) groups is 2. The maximum absolute atomic E-state index is 13.8. The van der Waals surface area contributed by atoms with E-state index in [1.807, 2.05) is 60.7 Å². The van der Waals surface area contributed by atoms with E-state index in [0.29, 0.717) is 11.1 Å². The van der Waals surface area contributed by atoms with Gasteiger partial charge in [0.2, 0.25) is 0 Å². The Labute approximate surface area is 234 Å². The lowest BCUT2D eigenvalue weighted by molar-refractivity contribution is -0.384. The van der Waals surface area contributed by atoms with Crippen molar-refractivity contribution >= 4 is 41.3 Å². The second-order valence-electron chi connectivity index (χ2n) is 9.77. The van der Waals surface area contributed by atoms with Gasteiger partial charge in [0.05, 0.1) is 4.92 Å². The fourth-order valence-electron chi connectivity index (χ4n) is 5.15. The smallest absolute Gasteiger partial charge is 0.269 e. The zero-order valence-electron chi connectivity index (χ0n) is 21.9. The van der Waals surface area contributed by atoms with E-state index in [4.69, 9.17) is 0 Å². The van der Waals surface area contributed by atoms with Crippen molar-refractivity contribution in [3.05, 3.63) is 130 Å². The first-order chi connectivity index (χ1) is 19.5. The van der Waals surface area contributed by atoms with Crippen LogP contribution in [-0.2, 0) is 0 Å². The fraction of sp³-hybridized carbons (Fsp3) is 0.188. The number of amides is 2. The quantitative estimate of drug-likeness (QED) is 0.186. The van der Waals surface area contributed by atoms with Crippen molar-refractivity contribution in [2.75, 3.05) is 0 Å². The van der Waals surface area contributed by atoms with Gasteiger partial charge in [-0.15, -0.1) is 0 Å². The van der Waals surface area contributed by atoms with Gasteiger partial charge in [-0.1, -0.05) is 91.7 Å². The first-order valence-corrected chi connectivity index (χ1v) is 14.7. The number of hydrogen-bond acceptors (Lipinski definition) is 4. The lowest BCUT2D eigenvalue weighted by atomic mass is 9.89. The van der Waals surface area contributed by atoms with E-state index >= 15 is 0 Å². The zero-order valence-corrected chi connectivity index (χ0v) is 22.8. The van der Waals surface area contributed by atoms with Crippen LogP contribution in [0, 0.1) is 10.1 Å². The molecule has 0 aliphatic heterocycles. The number of hydrogen-bond donors (Lipinski definition) is 2. The summed E-state index contributed by atoms with van der Waals surface area (Å²) in [6.07, 6.45) is 3.40. The highest BCUT2D eigenvalue weighted by Crippen LogP contribution is 2.34. The van der Waals surface area contributed by atoms with Gasteiger partial charge in [-0.05, 0) is 54.9 Å². The summed E-state index contributed by atoms with van der Waals surface area (Å²) in [6.45, 7) is 0. The van der Waals surface area contributed by atoms with Gasteiger partial charge in [0.15, 0.2) is 0 Å². The monoisotopic (exact) mass is 551 g/mol. The minimum absolute atomic E-state index is 0.0658. The predicted octanol–water partition coefficient (Wildman–Crippen LogP) is 4.82. The third-order valence-corrected chi connectivity index (χ3v) is 9.66. The summed E-state index contributed by atoms with van der Waals surface area (Å²) in [5, 5.41) is 20.6. The lowest BCUT2D eigenvalue weighted by Gasteiger charge is -2.33. The van der Waals surface area contributed by atoms with Crippen molar-refractivity contribution < 1.29 is 14.5 Å². The third kappa shape index (κ3) is 6.27. The summed E-state index contributed by atoms with van der Waals surface area (Å²) in [7, 11) is -0.964. The van der Waals surface area contributed by atoms with Crippen molar-refractivity contribution in [1.82, 2.24) is 10.6 Å². The molecule has 0 unspecified atom stereocenters. The minimum Gasteiger partial charge on any atom is -0.347 e. The van der Waals surface area contributed by atoms with Crippen LogP contribution in [0.2, 0.25) is 0 Å². The Morgan fingerprint density at radius 2 is 1.18 bits per heavy atom. The molecule has 4 aromatic rings. The number of rotatable bonds is 8. The second kappa shape index (κ2) is 12.7. The lowest BCUT2D eigenvalue weighted by Crippen LogP contribution is -2.53. The van der Waals surface area contributed by atoms with E-state index in [9.17, 15) is 19.7 Å². The van der Waals surface area contributed by atoms with E-state index in [-0.39, 0.29) is 29.6 Å². The third-order valence-electron chi connectivity index (χ3n) is 7.16. The maximum atomic E-state index is 13.8. The van der Waals surface area contributed by atoms with Crippen molar-refractivity contribution in [2.45, 2.75) is 37.8 Å². The molecule has 4 aromatic carbocycles. The summed E-state index contributed by atoms with van der Waals surface area (Å²) in [4.78, 5) is 37.3. The second-order valence-corrected chi connectivity index (χ2v) is 12.0. The molecule has 0 heterocycles. The Kier molecular flexibility index (Phi) is 8.62. The van der Waals surface area contributed by atoms with Gasteiger partial charge >= 0.3 is 0 Å². The van der Waals surface area contributed by atoms with Crippen LogP contribution in [0.1, 0.15) is 46.4 Å². The molecule has 0 saturated heterocycles. The van der Waals surface area contributed by atoms with Gasteiger partial charge in [-0.25, -0.2) is 0 Å². The van der Waals surface area contributed by atoms with Crippen LogP contribution in [0.4, 0.5) is 5.69 Å². The van der Waals surface area contributed by atoms with Crippen LogP contribution in [0.5, 0.6) is 0 Å². The molecule has 40 heavy (non-hydrogen) atoms. The number of nitrogens with zero attached hydrogens (tertiary/aromatic N) is 1. The Morgan fingerprint density at radius 1 is 0.675 bits per heavy atom. The van der Waals surface area contributed by atoms with Crippen molar-refractivity contribution in [3.63, 3.8) is 0 Å². The summed E-state index contributed by atoms with van der Waals surface area (Å²) in [6, 6.07) is 33.4. The highest BCUT2D eigenvalue weighted by molar-refractivity contribution is 7.80. The van der Waals surface area contributed by atoms with Crippen molar-refractivity contribution in [3.8, 4) is 0 Å². The maximum Gasteiger partial charge on any atom is 0.269 e. The van der Waals surface area contributed by atoms with E-state index in [1.165, 1.54) is 24.3 Å². The summed E-state index contributed by atoms with van der Waals surface area (Å²) < 4.78 is 0. The SMILES string of the molecule is O=C(N[C@@H]1CCCC[C@H]1NC(=O)c1ccccc1P(c1ccccc1)c1ccccc1)c1ccc([N+](=O)[O-])cc1. The molecule has 2 amide bonds. The average molecular weight is 552 g/mol. The van der Waals surface area contributed by atoms with Crippen LogP contribution in [0.3, 0.4) is 0 Å². The Hall–Kier alpha value is -4.35. The molecule has 2 atom stereocenters. The molecule has 1 fully saturated rings. The highest BCUT2D eigenvalue weighted by Gasteiger charge is 2.30. The molecule has 1 saturated carbocycles. The largest absolute Gasteiger partial charge is 0.347 e. The zero-order chi connectivity index (χ0) is 27.9. The topological polar surface area (TPSA) is 101 Å². The van der Waals surface area contributed by atoms with Crippen molar-refractivity contribution in [2.24, 2.45) is 0 Å². The standard InChI is InChI=1S/C32H30N3O4P/c36-31(23-19-21-24(22-20-23)35(38)39)33-28-16-8-9-17-29(28)34-32(37)27-15-7-10-18-30(27)40(25-11-3-1-4-12-25)26-13-5-2-6-14-26/h1-7,10-15,18-22,28-29H,8-9,16-17H2,(H,33,36)(H,34,37)/t28-,29-/m1/s1. The highest BCUT2D eigenvalue weighted by atomic mass is 31.1. The van der Waals surface area contributed by atoms with E-state index in [1.54, 1.807) is 0 Å². The predicted molar refractivity (Wildman–Crippen MR) is 159 cm³/mol. The van der Waals surface area contributed by atoms with Gasteiger partial charge in [-0.2, -0.15) is 0 Å². The summed E-state index contributed by atoms with van der Waals surface area (Å²) >= 11 is 0. The fourth-order valence-corrected chi connectivity index (χ4v) is 7.60. The van der Waals surface area contributed by atoms with Gasteiger partial charge in [0, 0.05) is 35.3 Å². The first kappa shape index (κ1) is 27.2. The van der Waals surface area contributed by atoms with Crippen LogP contribution >= 0.6 is 7.92 Å². The Morgan fingerprint density at radius 3 is 1.73 bits per heavy atom. The molecule has 0 spiro atoms. The van der Waals surface area contributed by atoms with Gasteiger partial charge < -0.3 is 10.6 Å². The van der Waals surface area contributed by atoms with Gasteiger partial charge in [0.1, 0.15) is 0 Å². The number of carbonyl (C=O) groups excluding carboxylic acids is 2. The molecule has 5 rings (SSSR count). The molecule has 0 radical (unpaired) electrons. The number of nitro groups is 1. The number of benzene rings is 4. The van der Waals surface area contributed by atoms with Crippen LogP contribution in [0.25, 0.3) is 0 Å². The molecule has 8 heteroatoms. The summed E-state index contributed by atoms with van der Waals surface area (Å²) in [5.41, 5.74) is 0.916. The molecular formula is C32H30N3O4P. The first-order valence-electron chi connectivity index (χ1n) is 13.4. The molecule has 1 aliphatic carbocycles. The molecule has 7 nitrogen and oxygen atoms in total. The number of non-ortho nitro benzene ring substituents is 1. The normalized spacial score (nSPS) is 16.7. The molecule has 1 aliphatic rings. The van der Waals surface area contributed by atoms with E-state index in [0.717, 1.165) is 41.6 Å². The van der Waals surface area contributed by atoms with Gasteiger partial charge in [0.25, 0.3) is 17.5 Å². The number of nitrogens with one attached hydrogen (secondary N) is 2. The van der Waals surface area contributed by atoms with Gasteiger partial charge in [-0.3, -0.25) is 19.7 Å². The molecule has 202 valence electrons. The van der Waals surface area contributed by atoms with Crippen LogP contribution in [0.15, 0.2) is 109 Å². The molecule has 0 bridgehead atoms. The number of nitro benzene ring substituents is 1. The molecular weight excluding hydrogens is 521 g/mol. The average Bonchev–Trinajstić information content (AvgIpc) is 2.99. The summed E-state index contributed by atoms with van der Waals surface area (Å²) in [5.74, 6) is -0.463. The molecule has 2 N–H and O–H groups in total. The van der Waals surface area contributed by atoms with Crippen LogP contribution in [-0.4, -0.2) is 28.8 Å². The van der Waals surface area contributed by atoms with Crippen LogP contribution < -0.4 is 26.5 Å². The van der Waals surface area contributed by atoms with Crippen molar-refractivity contribution in [1.29, 1.82) is 0 Å².